The van der Waals surface area contributed by atoms with E-state index in [-0.39, 0.29) is 17.2 Å². The molecule has 8 heteroatoms. The maximum absolute atomic E-state index is 10.9. The molecule has 0 heterocycles. The first-order valence-corrected chi connectivity index (χ1v) is 4.92. The minimum atomic E-state index is -2.14. The first-order chi connectivity index (χ1) is 8.40. The molecule has 0 bridgehead atoms. The van der Waals surface area contributed by atoms with Crippen LogP contribution < -0.4 is 14.1 Å². The molecule has 0 unspecified atom stereocenters. The van der Waals surface area contributed by atoms with Crippen LogP contribution in [0.4, 0.5) is 0 Å². The number of rotatable bonds is 4. The molecule has 0 aliphatic heterocycles. The highest BCUT2D eigenvalue weighted by atomic mass is 16.6. The summed E-state index contributed by atoms with van der Waals surface area (Å²) in [5, 5.41) is 17.6. The second-order valence-corrected chi connectivity index (χ2v) is 3.21. The minimum Gasteiger partial charge on any atom is -0.506 e. The third-order valence-electron chi connectivity index (χ3n) is 1.67. The average molecular weight is 254 g/mol. The number of ether oxygens (including phenoxy) is 2. The van der Waals surface area contributed by atoms with Gasteiger partial charge in [0, 0.05) is 13.8 Å². The third-order valence-corrected chi connectivity index (χ3v) is 1.67. The molecule has 0 saturated carbocycles. The minimum absolute atomic E-state index is 0.0886. The van der Waals surface area contributed by atoms with Crippen LogP contribution in [0.3, 0.4) is 0 Å². The van der Waals surface area contributed by atoms with Crippen LogP contribution in [0.25, 0.3) is 0 Å². The van der Waals surface area contributed by atoms with E-state index in [9.17, 15) is 9.59 Å². The predicted octanol–water partition coefficient (Wildman–Crippen LogP) is -0.115. The molecular formula is C10H11BO7. The first-order valence-electron chi connectivity index (χ1n) is 4.92. The van der Waals surface area contributed by atoms with Crippen molar-refractivity contribution in [3.63, 3.8) is 0 Å². The second kappa shape index (κ2) is 6.03. The van der Waals surface area contributed by atoms with Gasteiger partial charge in [-0.05, 0) is 12.1 Å². The number of carbonyl (C=O) groups is 2. The summed E-state index contributed by atoms with van der Waals surface area (Å²) in [6.07, 6.45) is 0. The lowest BCUT2D eigenvalue weighted by atomic mass is 10.2. The summed E-state index contributed by atoms with van der Waals surface area (Å²) in [5.41, 5.74) is 0. The van der Waals surface area contributed by atoms with Crippen LogP contribution in [0.5, 0.6) is 17.2 Å². The fourth-order valence-corrected chi connectivity index (χ4v) is 1.19. The van der Waals surface area contributed by atoms with E-state index in [0.29, 0.717) is 0 Å². The van der Waals surface area contributed by atoms with E-state index in [1.807, 2.05) is 0 Å². The average Bonchev–Trinajstić information content (AvgIpc) is 2.20. The summed E-state index contributed by atoms with van der Waals surface area (Å²) < 4.78 is 14.2. The zero-order chi connectivity index (χ0) is 13.7. The van der Waals surface area contributed by atoms with Gasteiger partial charge in [-0.15, -0.1) is 0 Å². The monoisotopic (exact) mass is 254 g/mol. The SMILES string of the molecule is CC(=O)Oc1cccc(OC(C)=O)c1OB(O)O. The highest BCUT2D eigenvalue weighted by molar-refractivity contribution is 6.34. The van der Waals surface area contributed by atoms with E-state index in [1.54, 1.807) is 0 Å². The molecule has 0 atom stereocenters. The number of hydrogen-bond acceptors (Lipinski definition) is 7. The molecule has 2 N–H and O–H groups in total. The van der Waals surface area contributed by atoms with Gasteiger partial charge in [0.05, 0.1) is 0 Å². The van der Waals surface area contributed by atoms with Crippen LogP contribution in [0.2, 0.25) is 0 Å². The molecular weight excluding hydrogens is 243 g/mol. The molecule has 0 aromatic heterocycles. The van der Waals surface area contributed by atoms with E-state index in [2.05, 4.69) is 4.65 Å². The van der Waals surface area contributed by atoms with Crippen molar-refractivity contribution in [3.05, 3.63) is 18.2 Å². The Kier molecular flexibility index (Phi) is 4.70. The van der Waals surface area contributed by atoms with Gasteiger partial charge in [-0.1, -0.05) is 6.07 Å². The summed E-state index contributed by atoms with van der Waals surface area (Å²) in [7, 11) is -2.14. The Morgan fingerprint density at radius 2 is 1.50 bits per heavy atom. The number of benzene rings is 1. The Hall–Kier alpha value is -2.06. The normalized spacial score (nSPS) is 9.56. The van der Waals surface area contributed by atoms with Gasteiger partial charge in [0.1, 0.15) is 0 Å². The van der Waals surface area contributed by atoms with Gasteiger partial charge in [0.2, 0.25) is 0 Å². The van der Waals surface area contributed by atoms with Gasteiger partial charge in [0.15, 0.2) is 17.2 Å². The van der Waals surface area contributed by atoms with Crippen LogP contribution >= 0.6 is 0 Å². The molecule has 1 rings (SSSR count). The Bertz CT molecular complexity index is 423. The predicted molar refractivity (Wildman–Crippen MR) is 59.9 cm³/mol. The molecule has 0 saturated heterocycles. The summed E-state index contributed by atoms with van der Waals surface area (Å²) in [4.78, 5) is 21.7. The standard InChI is InChI=1S/C10H11BO7/c1-6(12)16-8-4-3-5-9(17-7(2)13)10(8)18-11(14)15/h3-5,14-15H,1-2H3. The zero-order valence-electron chi connectivity index (χ0n) is 9.75. The summed E-state index contributed by atoms with van der Waals surface area (Å²) in [6.45, 7) is 2.33. The highest BCUT2D eigenvalue weighted by Gasteiger charge is 2.21. The maximum Gasteiger partial charge on any atom is 0.707 e. The van der Waals surface area contributed by atoms with Crippen LogP contribution in [-0.4, -0.2) is 29.3 Å². The van der Waals surface area contributed by atoms with Gasteiger partial charge >= 0.3 is 19.3 Å². The van der Waals surface area contributed by atoms with Gasteiger partial charge in [-0.25, -0.2) is 0 Å². The molecule has 0 spiro atoms. The highest BCUT2D eigenvalue weighted by Crippen LogP contribution is 2.37. The topological polar surface area (TPSA) is 102 Å². The largest absolute Gasteiger partial charge is 0.707 e. The molecule has 1 aromatic carbocycles. The number of carbonyl (C=O) groups excluding carboxylic acids is 2. The van der Waals surface area contributed by atoms with Crippen molar-refractivity contribution >= 4 is 19.3 Å². The van der Waals surface area contributed by atoms with Crippen molar-refractivity contribution < 1.29 is 33.8 Å². The third kappa shape index (κ3) is 4.08. The molecule has 96 valence electrons. The van der Waals surface area contributed by atoms with Crippen LogP contribution in [0, 0.1) is 0 Å². The van der Waals surface area contributed by atoms with Gasteiger partial charge in [-0.3, -0.25) is 9.59 Å². The Morgan fingerprint density at radius 1 is 1.06 bits per heavy atom. The smallest absolute Gasteiger partial charge is 0.506 e. The lowest BCUT2D eigenvalue weighted by Crippen LogP contribution is -2.22. The molecule has 0 aliphatic carbocycles. The van der Waals surface area contributed by atoms with Gasteiger partial charge < -0.3 is 24.2 Å². The Labute approximate surface area is 103 Å². The number of esters is 2. The van der Waals surface area contributed by atoms with Crippen LogP contribution in [0.1, 0.15) is 13.8 Å². The molecule has 0 amide bonds. The lowest BCUT2D eigenvalue weighted by molar-refractivity contribution is -0.132. The molecule has 0 radical (unpaired) electrons. The van der Waals surface area contributed by atoms with Crippen molar-refractivity contribution in [1.29, 1.82) is 0 Å². The van der Waals surface area contributed by atoms with Crippen molar-refractivity contribution in [1.82, 2.24) is 0 Å². The van der Waals surface area contributed by atoms with E-state index in [1.165, 1.54) is 18.2 Å². The molecule has 18 heavy (non-hydrogen) atoms. The summed E-state index contributed by atoms with van der Waals surface area (Å²) in [6, 6.07) is 4.16. The van der Waals surface area contributed by atoms with Gasteiger partial charge in [-0.2, -0.15) is 0 Å². The summed E-state index contributed by atoms with van der Waals surface area (Å²) >= 11 is 0. The summed E-state index contributed by atoms with van der Waals surface area (Å²) in [5.74, 6) is -1.69. The van der Waals surface area contributed by atoms with Crippen molar-refractivity contribution in [2.75, 3.05) is 0 Å². The second-order valence-electron chi connectivity index (χ2n) is 3.21. The number of para-hydroxylation sites is 1. The quantitative estimate of drug-likeness (QED) is 0.438. The molecule has 1 aromatic rings. The van der Waals surface area contributed by atoms with E-state index < -0.39 is 19.3 Å². The maximum atomic E-state index is 10.9. The fraction of sp³-hybridized carbons (Fsp3) is 0.200. The van der Waals surface area contributed by atoms with E-state index in [4.69, 9.17) is 19.5 Å². The van der Waals surface area contributed by atoms with E-state index >= 15 is 0 Å². The number of hydrogen-bond donors (Lipinski definition) is 2. The van der Waals surface area contributed by atoms with Crippen molar-refractivity contribution in [2.45, 2.75) is 13.8 Å². The molecule has 0 fully saturated rings. The van der Waals surface area contributed by atoms with Crippen molar-refractivity contribution in [3.8, 4) is 17.2 Å². The zero-order valence-corrected chi connectivity index (χ0v) is 9.75. The fourth-order valence-electron chi connectivity index (χ4n) is 1.19. The molecule has 0 aliphatic rings. The van der Waals surface area contributed by atoms with Crippen LogP contribution in [0.15, 0.2) is 18.2 Å². The van der Waals surface area contributed by atoms with E-state index in [0.717, 1.165) is 13.8 Å². The van der Waals surface area contributed by atoms with Crippen LogP contribution in [-0.2, 0) is 9.59 Å². The van der Waals surface area contributed by atoms with Crippen molar-refractivity contribution in [2.24, 2.45) is 0 Å². The Morgan fingerprint density at radius 3 is 1.83 bits per heavy atom. The lowest BCUT2D eigenvalue weighted by Gasteiger charge is -2.13. The van der Waals surface area contributed by atoms with Gasteiger partial charge in [0.25, 0.3) is 0 Å². The first kappa shape index (κ1) is 14.0. The Balaban J connectivity index is 3.15. The molecule has 7 nitrogen and oxygen atoms in total.